The fourth-order valence-electron chi connectivity index (χ4n) is 2.57. The van der Waals surface area contributed by atoms with Crippen LogP contribution in [0.5, 0.6) is 0 Å². The third kappa shape index (κ3) is 5.74. The SMILES string of the molecule is Cl.NCCN1CCC(C(=O)Nc2ccc(S(N)(=O)=O)cc2)CC1. The van der Waals surface area contributed by atoms with Crippen molar-refractivity contribution < 1.29 is 13.2 Å². The van der Waals surface area contributed by atoms with Crippen molar-refractivity contribution in [2.24, 2.45) is 16.8 Å². The standard InChI is InChI=1S/C14H22N4O3S.ClH/c15-7-10-18-8-5-11(6-9-18)14(19)17-12-1-3-13(4-2-12)22(16,20)21;/h1-4,11H,5-10,15H2,(H,17,19)(H2,16,20,21);1H. The Morgan fingerprint density at radius 1 is 1.22 bits per heavy atom. The van der Waals surface area contributed by atoms with E-state index in [0.29, 0.717) is 12.2 Å². The molecule has 1 aliphatic rings. The van der Waals surface area contributed by atoms with Crippen LogP contribution < -0.4 is 16.2 Å². The monoisotopic (exact) mass is 362 g/mol. The molecule has 130 valence electrons. The van der Waals surface area contributed by atoms with E-state index >= 15 is 0 Å². The summed E-state index contributed by atoms with van der Waals surface area (Å²) in [7, 11) is -3.71. The number of likely N-dealkylation sites (tertiary alicyclic amines) is 1. The Morgan fingerprint density at radius 3 is 2.26 bits per heavy atom. The number of hydrogen-bond donors (Lipinski definition) is 3. The van der Waals surface area contributed by atoms with E-state index in [4.69, 9.17) is 10.9 Å². The van der Waals surface area contributed by atoms with Crippen molar-refractivity contribution in [3.05, 3.63) is 24.3 Å². The number of sulfonamides is 1. The van der Waals surface area contributed by atoms with Crippen LogP contribution in [-0.2, 0) is 14.8 Å². The van der Waals surface area contributed by atoms with Crippen molar-refractivity contribution in [3.63, 3.8) is 0 Å². The molecule has 1 saturated heterocycles. The fraction of sp³-hybridized carbons (Fsp3) is 0.500. The topological polar surface area (TPSA) is 119 Å². The van der Waals surface area contributed by atoms with Gasteiger partial charge in [0.2, 0.25) is 15.9 Å². The Hall–Kier alpha value is -1.19. The first-order valence-electron chi connectivity index (χ1n) is 7.26. The quantitative estimate of drug-likeness (QED) is 0.699. The molecule has 0 atom stereocenters. The van der Waals surface area contributed by atoms with E-state index in [1.165, 1.54) is 12.1 Å². The van der Waals surface area contributed by atoms with Gasteiger partial charge in [-0.2, -0.15) is 0 Å². The molecule has 7 nitrogen and oxygen atoms in total. The van der Waals surface area contributed by atoms with Gasteiger partial charge in [-0.3, -0.25) is 4.79 Å². The lowest BCUT2D eigenvalue weighted by molar-refractivity contribution is -0.121. The number of hydrogen-bond acceptors (Lipinski definition) is 5. The average molecular weight is 363 g/mol. The number of carbonyl (C=O) groups is 1. The molecule has 1 aliphatic heterocycles. The summed E-state index contributed by atoms with van der Waals surface area (Å²) in [6.07, 6.45) is 1.61. The summed E-state index contributed by atoms with van der Waals surface area (Å²) in [5, 5.41) is 7.85. The minimum absolute atomic E-state index is 0. The van der Waals surface area contributed by atoms with Crippen LogP contribution in [0.3, 0.4) is 0 Å². The van der Waals surface area contributed by atoms with Crippen molar-refractivity contribution in [3.8, 4) is 0 Å². The predicted octanol–water partition coefficient (Wildman–Crippen LogP) is 0.365. The summed E-state index contributed by atoms with van der Waals surface area (Å²) in [5.41, 5.74) is 6.10. The minimum Gasteiger partial charge on any atom is -0.329 e. The van der Waals surface area contributed by atoms with Gasteiger partial charge in [-0.15, -0.1) is 12.4 Å². The molecule has 1 aromatic rings. The van der Waals surface area contributed by atoms with Crippen LogP contribution in [0.4, 0.5) is 5.69 Å². The molecular formula is C14H23ClN4O3S. The zero-order chi connectivity index (χ0) is 16.2. The smallest absolute Gasteiger partial charge is 0.238 e. The van der Waals surface area contributed by atoms with Crippen LogP contribution in [0, 0.1) is 5.92 Å². The number of nitrogens with one attached hydrogen (secondary N) is 1. The molecule has 1 fully saturated rings. The molecule has 0 aromatic heterocycles. The second-order valence-electron chi connectivity index (χ2n) is 5.46. The molecule has 23 heavy (non-hydrogen) atoms. The third-order valence-corrected chi connectivity index (χ3v) is 4.78. The van der Waals surface area contributed by atoms with Gasteiger partial charge in [0.05, 0.1) is 4.90 Å². The molecule has 0 radical (unpaired) electrons. The molecule has 0 bridgehead atoms. The van der Waals surface area contributed by atoms with Gasteiger partial charge in [-0.25, -0.2) is 13.6 Å². The molecule has 0 spiro atoms. The van der Waals surface area contributed by atoms with Crippen LogP contribution in [0.1, 0.15) is 12.8 Å². The zero-order valence-electron chi connectivity index (χ0n) is 12.8. The zero-order valence-corrected chi connectivity index (χ0v) is 14.4. The Bertz CT molecular complexity index is 613. The van der Waals surface area contributed by atoms with E-state index in [1.54, 1.807) is 12.1 Å². The number of halogens is 1. The van der Waals surface area contributed by atoms with E-state index in [2.05, 4.69) is 10.2 Å². The van der Waals surface area contributed by atoms with E-state index in [0.717, 1.165) is 32.5 Å². The Kier molecular flexibility index (Phi) is 7.43. The number of rotatable bonds is 5. The largest absolute Gasteiger partial charge is 0.329 e. The maximum absolute atomic E-state index is 12.2. The number of primary sulfonamides is 1. The van der Waals surface area contributed by atoms with Gasteiger partial charge in [0.25, 0.3) is 0 Å². The van der Waals surface area contributed by atoms with E-state index in [9.17, 15) is 13.2 Å². The number of nitrogens with two attached hydrogens (primary N) is 2. The summed E-state index contributed by atoms with van der Waals surface area (Å²) in [6, 6.07) is 5.85. The van der Waals surface area contributed by atoms with Gasteiger partial charge in [0, 0.05) is 24.7 Å². The van der Waals surface area contributed by atoms with Crippen molar-refractivity contribution in [2.75, 3.05) is 31.5 Å². The number of benzene rings is 1. The molecular weight excluding hydrogens is 340 g/mol. The summed E-state index contributed by atoms with van der Waals surface area (Å²) < 4.78 is 22.3. The Labute approximate surface area is 142 Å². The van der Waals surface area contributed by atoms with Crippen LogP contribution in [0.2, 0.25) is 0 Å². The summed E-state index contributed by atoms with van der Waals surface area (Å²) in [4.78, 5) is 14.5. The Morgan fingerprint density at radius 2 is 1.78 bits per heavy atom. The number of nitrogens with zero attached hydrogens (tertiary/aromatic N) is 1. The lowest BCUT2D eigenvalue weighted by Crippen LogP contribution is -2.40. The van der Waals surface area contributed by atoms with E-state index in [-0.39, 0.29) is 29.1 Å². The highest BCUT2D eigenvalue weighted by atomic mass is 35.5. The number of piperidine rings is 1. The van der Waals surface area contributed by atoms with Gasteiger partial charge < -0.3 is 16.0 Å². The molecule has 1 aromatic carbocycles. The van der Waals surface area contributed by atoms with Gasteiger partial charge in [0.1, 0.15) is 0 Å². The van der Waals surface area contributed by atoms with Crippen molar-refractivity contribution in [1.82, 2.24) is 4.90 Å². The first-order valence-corrected chi connectivity index (χ1v) is 8.81. The molecule has 0 saturated carbocycles. The van der Waals surface area contributed by atoms with Gasteiger partial charge in [-0.1, -0.05) is 0 Å². The highest BCUT2D eigenvalue weighted by Gasteiger charge is 2.24. The molecule has 0 unspecified atom stereocenters. The summed E-state index contributed by atoms with van der Waals surface area (Å²) in [6.45, 7) is 3.25. The second kappa shape index (κ2) is 8.60. The maximum Gasteiger partial charge on any atom is 0.238 e. The van der Waals surface area contributed by atoms with Gasteiger partial charge in [-0.05, 0) is 50.2 Å². The number of amides is 1. The first kappa shape index (κ1) is 19.9. The fourth-order valence-corrected chi connectivity index (χ4v) is 3.09. The van der Waals surface area contributed by atoms with Gasteiger partial charge in [0.15, 0.2) is 0 Å². The lowest BCUT2D eigenvalue weighted by atomic mass is 9.96. The first-order chi connectivity index (χ1) is 10.4. The lowest BCUT2D eigenvalue weighted by Gasteiger charge is -2.30. The van der Waals surface area contributed by atoms with E-state index < -0.39 is 10.0 Å². The van der Waals surface area contributed by atoms with Crippen LogP contribution in [0.25, 0.3) is 0 Å². The highest BCUT2D eigenvalue weighted by molar-refractivity contribution is 7.89. The average Bonchev–Trinajstić information content (AvgIpc) is 2.48. The molecule has 2 rings (SSSR count). The number of carbonyl (C=O) groups excluding carboxylic acids is 1. The Balaban J connectivity index is 0.00000264. The molecule has 1 amide bonds. The van der Waals surface area contributed by atoms with Crippen molar-refractivity contribution >= 4 is 34.0 Å². The molecule has 9 heteroatoms. The van der Waals surface area contributed by atoms with Crippen LogP contribution >= 0.6 is 12.4 Å². The minimum atomic E-state index is -3.71. The second-order valence-corrected chi connectivity index (χ2v) is 7.02. The molecule has 0 aliphatic carbocycles. The molecule has 5 N–H and O–H groups in total. The highest BCUT2D eigenvalue weighted by Crippen LogP contribution is 2.20. The third-order valence-electron chi connectivity index (χ3n) is 3.85. The molecule has 1 heterocycles. The number of anilines is 1. The van der Waals surface area contributed by atoms with E-state index in [1.807, 2.05) is 0 Å². The predicted molar refractivity (Wildman–Crippen MR) is 91.9 cm³/mol. The summed E-state index contributed by atoms with van der Waals surface area (Å²) >= 11 is 0. The normalized spacial score (nSPS) is 16.6. The van der Waals surface area contributed by atoms with Crippen molar-refractivity contribution in [2.45, 2.75) is 17.7 Å². The van der Waals surface area contributed by atoms with Crippen molar-refractivity contribution in [1.29, 1.82) is 0 Å². The van der Waals surface area contributed by atoms with Gasteiger partial charge >= 0.3 is 0 Å². The summed E-state index contributed by atoms with van der Waals surface area (Å²) in [5.74, 6) is -0.0531. The van der Waals surface area contributed by atoms with Crippen LogP contribution in [-0.4, -0.2) is 45.4 Å². The maximum atomic E-state index is 12.2. The van der Waals surface area contributed by atoms with Crippen LogP contribution in [0.15, 0.2) is 29.2 Å².